The number of fused-ring (bicyclic) bond motifs is 1. The Labute approximate surface area is 175 Å². The van der Waals surface area contributed by atoms with Gasteiger partial charge in [-0.1, -0.05) is 0 Å². The average Bonchev–Trinajstić information content (AvgIpc) is 3.41. The molecule has 0 N–H and O–H groups in total. The minimum atomic E-state index is 0.139. The maximum Gasteiger partial charge on any atom is 0.257 e. The van der Waals surface area contributed by atoms with Gasteiger partial charge in [-0.25, -0.2) is 0 Å². The molecule has 2 aromatic rings. The van der Waals surface area contributed by atoms with Gasteiger partial charge in [0.2, 0.25) is 11.8 Å². The number of morpholine rings is 1. The van der Waals surface area contributed by atoms with Gasteiger partial charge in [0.1, 0.15) is 0 Å². The molecule has 0 unspecified atom stereocenters. The quantitative estimate of drug-likeness (QED) is 0.763. The van der Waals surface area contributed by atoms with Gasteiger partial charge in [-0.15, -0.1) is 21.5 Å². The third-order valence-corrected chi connectivity index (χ3v) is 7.52. The van der Waals surface area contributed by atoms with Crippen molar-refractivity contribution in [3.8, 4) is 10.8 Å². The van der Waals surface area contributed by atoms with E-state index in [1.807, 2.05) is 4.90 Å². The number of ether oxygens (including phenoxy) is 1. The van der Waals surface area contributed by atoms with E-state index in [2.05, 4.69) is 21.2 Å². The molecule has 2 aliphatic heterocycles. The average molecular weight is 417 g/mol. The van der Waals surface area contributed by atoms with E-state index >= 15 is 0 Å². The lowest BCUT2D eigenvalue weighted by Gasteiger charge is -2.35. The molecule has 1 amide bonds. The summed E-state index contributed by atoms with van der Waals surface area (Å²) < 4.78 is 11.3. The van der Waals surface area contributed by atoms with Gasteiger partial charge in [-0.3, -0.25) is 9.69 Å². The fourth-order valence-corrected chi connectivity index (χ4v) is 5.76. The number of likely N-dealkylation sites (tertiary alicyclic amines) is 1. The first-order chi connectivity index (χ1) is 14.3. The first-order valence-corrected chi connectivity index (χ1v) is 11.6. The lowest BCUT2D eigenvalue weighted by atomic mass is 9.95. The molecule has 0 spiro atoms. The summed E-state index contributed by atoms with van der Waals surface area (Å²) in [5.74, 6) is 1.76. The molecule has 0 atom stereocenters. The Morgan fingerprint density at radius 3 is 2.69 bits per heavy atom. The van der Waals surface area contributed by atoms with Crippen LogP contribution in [0.2, 0.25) is 0 Å². The third kappa shape index (κ3) is 4.25. The highest BCUT2D eigenvalue weighted by Crippen LogP contribution is 2.35. The van der Waals surface area contributed by atoms with Gasteiger partial charge in [0.05, 0.1) is 24.6 Å². The van der Waals surface area contributed by atoms with Crippen molar-refractivity contribution in [3.63, 3.8) is 0 Å². The van der Waals surface area contributed by atoms with E-state index in [0.717, 1.165) is 43.9 Å². The van der Waals surface area contributed by atoms with Crippen LogP contribution in [0.5, 0.6) is 0 Å². The van der Waals surface area contributed by atoms with Gasteiger partial charge in [-0.2, -0.15) is 0 Å². The van der Waals surface area contributed by atoms with Crippen molar-refractivity contribution in [2.75, 3.05) is 39.4 Å². The number of hydrogen-bond donors (Lipinski definition) is 0. The molecule has 0 bridgehead atoms. The van der Waals surface area contributed by atoms with E-state index in [1.165, 1.54) is 36.1 Å². The number of rotatable bonds is 4. The van der Waals surface area contributed by atoms with Crippen molar-refractivity contribution >= 4 is 17.2 Å². The first kappa shape index (κ1) is 19.2. The van der Waals surface area contributed by atoms with Crippen LogP contribution in [0, 0.1) is 5.92 Å². The van der Waals surface area contributed by atoms with Crippen LogP contribution in [0.25, 0.3) is 10.8 Å². The molecule has 156 valence electrons. The lowest BCUT2D eigenvalue weighted by Crippen LogP contribution is -2.46. The number of piperidine rings is 1. The highest BCUT2D eigenvalue weighted by atomic mass is 32.1. The van der Waals surface area contributed by atoms with Crippen LogP contribution in [0.4, 0.5) is 0 Å². The van der Waals surface area contributed by atoms with Crippen LogP contribution in [0.1, 0.15) is 42.0 Å². The molecule has 2 aromatic heterocycles. The van der Waals surface area contributed by atoms with Crippen molar-refractivity contribution in [1.29, 1.82) is 0 Å². The van der Waals surface area contributed by atoms with Crippen molar-refractivity contribution in [3.05, 3.63) is 22.4 Å². The molecule has 29 heavy (non-hydrogen) atoms. The van der Waals surface area contributed by atoms with Crippen LogP contribution in [-0.2, 0) is 28.9 Å². The van der Waals surface area contributed by atoms with Crippen LogP contribution in [-0.4, -0.2) is 65.3 Å². The van der Waals surface area contributed by atoms with Crippen molar-refractivity contribution in [2.45, 2.75) is 45.1 Å². The number of carbonyl (C=O) groups is 1. The maximum absolute atomic E-state index is 12.7. The molecule has 0 aromatic carbocycles. The molecule has 7 nitrogen and oxygen atoms in total. The Hall–Kier alpha value is -1.77. The van der Waals surface area contributed by atoms with Crippen molar-refractivity contribution in [1.82, 2.24) is 20.0 Å². The molecule has 0 saturated carbocycles. The molecular weight excluding hydrogens is 388 g/mol. The number of carbonyl (C=O) groups excluding carboxylic acids is 1. The second-order valence-corrected chi connectivity index (χ2v) is 9.39. The highest BCUT2D eigenvalue weighted by molar-refractivity contribution is 7.15. The van der Waals surface area contributed by atoms with Crippen molar-refractivity contribution in [2.24, 2.45) is 5.92 Å². The monoisotopic (exact) mass is 416 g/mol. The molecule has 1 aliphatic carbocycles. The van der Waals surface area contributed by atoms with E-state index in [-0.39, 0.29) is 5.92 Å². The fourth-order valence-electron chi connectivity index (χ4n) is 4.58. The predicted molar refractivity (Wildman–Crippen MR) is 110 cm³/mol. The van der Waals surface area contributed by atoms with E-state index in [1.54, 1.807) is 11.3 Å². The summed E-state index contributed by atoms with van der Waals surface area (Å²) in [5, 5.41) is 8.57. The summed E-state index contributed by atoms with van der Waals surface area (Å²) in [7, 11) is 0. The summed E-state index contributed by atoms with van der Waals surface area (Å²) >= 11 is 1.80. The minimum Gasteiger partial charge on any atom is -0.419 e. The predicted octanol–water partition coefficient (Wildman–Crippen LogP) is 2.75. The number of aryl methyl sites for hydroxylation is 2. The summed E-state index contributed by atoms with van der Waals surface area (Å²) in [6.07, 6.45) is 6.71. The number of aromatic nitrogens is 2. The van der Waals surface area contributed by atoms with Crippen LogP contribution in [0.3, 0.4) is 0 Å². The Balaban J connectivity index is 1.15. The van der Waals surface area contributed by atoms with E-state index in [0.29, 0.717) is 37.4 Å². The van der Waals surface area contributed by atoms with Crippen molar-refractivity contribution < 1.29 is 13.9 Å². The summed E-state index contributed by atoms with van der Waals surface area (Å²) in [6, 6.07) is 2.24. The minimum absolute atomic E-state index is 0.139. The first-order valence-electron chi connectivity index (χ1n) is 10.8. The molecule has 4 heterocycles. The second kappa shape index (κ2) is 8.53. The SMILES string of the molecule is O=C(C1CCN(Cc2nnc(-c3cc4c(s3)CCCC4)o2)CC1)N1CCOCC1. The van der Waals surface area contributed by atoms with Crippen LogP contribution < -0.4 is 0 Å². The molecule has 5 rings (SSSR count). The summed E-state index contributed by atoms with van der Waals surface area (Å²) in [6.45, 7) is 5.24. The fraction of sp³-hybridized carbons (Fsp3) is 0.667. The Morgan fingerprint density at radius 2 is 1.90 bits per heavy atom. The van der Waals surface area contributed by atoms with Gasteiger partial charge >= 0.3 is 0 Å². The molecule has 8 heteroatoms. The van der Waals surface area contributed by atoms with Gasteiger partial charge in [0, 0.05) is 23.9 Å². The summed E-state index contributed by atoms with van der Waals surface area (Å²) in [5.41, 5.74) is 1.46. The number of hydrogen-bond acceptors (Lipinski definition) is 7. The Bertz CT molecular complexity index is 826. The van der Waals surface area contributed by atoms with Gasteiger partial charge < -0.3 is 14.1 Å². The molecule has 3 aliphatic rings. The van der Waals surface area contributed by atoms with E-state index < -0.39 is 0 Å². The molecule has 0 radical (unpaired) electrons. The smallest absolute Gasteiger partial charge is 0.257 e. The molecular formula is C21H28N4O3S. The molecule has 2 fully saturated rings. The van der Waals surface area contributed by atoms with Gasteiger partial charge in [0.15, 0.2) is 0 Å². The number of nitrogens with zero attached hydrogens (tertiary/aromatic N) is 4. The lowest BCUT2D eigenvalue weighted by molar-refractivity contribution is -0.141. The standard InChI is InChI=1S/C21H28N4O3S/c26-21(25-9-11-27-12-10-25)15-5-7-24(8-6-15)14-19-22-23-20(28-19)18-13-16-3-1-2-4-17(16)29-18/h13,15H,1-12,14H2. The zero-order chi connectivity index (χ0) is 19.6. The largest absolute Gasteiger partial charge is 0.419 e. The topological polar surface area (TPSA) is 71.7 Å². The maximum atomic E-state index is 12.7. The number of amides is 1. The summed E-state index contributed by atoms with van der Waals surface area (Å²) in [4.78, 5) is 19.5. The van der Waals surface area contributed by atoms with E-state index in [4.69, 9.17) is 9.15 Å². The van der Waals surface area contributed by atoms with E-state index in [9.17, 15) is 4.79 Å². The van der Waals surface area contributed by atoms with Gasteiger partial charge in [0.25, 0.3) is 5.89 Å². The normalized spacial score (nSPS) is 21.3. The van der Waals surface area contributed by atoms with Crippen LogP contribution >= 0.6 is 11.3 Å². The zero-order valence-corrected chi connectivity index (χ0v) is 17.6. The zero-order valence-electron chi connectivity index (χ0n) is 16.8. The third-order valence-electron chi connectivity index (χ3n) is 6.29. The van der Waals surface area contributed by atoms with Gasteiger partial charge in [-0.05, 0) is 63.2 Å². The Morgan fingerprint density at radius 1 is 1.10 bits per heavy atom. The number of thiophene rings is 1. The van der Waals surface area contributed by atoms with Crippen LogP contribution in [0.15, 0.2) is 10.5 Å². The highest BCUT2D eigenvalue weighted by Gasteiger charge is 2.30. The second-order valence-electron chi connectivity index (χ2n) is 8.26. The Kier molecular flexibility index (Phi) is 5.65. The molecule has 2 saturated heterocycles.